The molecule has 0 amide bonds. The van der Waals surface area contributed by atoms with Gasteiger partial charge in [-0.05, 0) is 32.6 Å². The fraction of sp³-hybridized carbons (Fsp3) is 0.909. The van der Waals surface area contributed by atoms with Gasteiger partial charge in [0.15, 0.2) is 0 Å². The Morgan fingerprint density at radius 1 is 1.31 bits per heavy atom. The molecule has 0 radical (unpaired) electrons. The lowest BCUT2D eigenvalue weighted by Crippen LogP contribution is -2.29. The van der Waals surface area contributed by atoms with E-state index in [2.05, 4.69) is 0 Å². The van der Waals surface area contributed by atoms with Gasteiger partial charge in [0, 0.05) is 5.92 Å². The summed E-state index contributed by atoms with van der Waals surface area (Å²) in [5.41, 5.74) is 0. The van der Waals surface area contributed by atoms with E-state index < -0.39 is 0 Å². The predicted molar refractivity (Wildman–Crippen MR) is 50.5 cm³/mol. The second kappa shape index (κ2) is 3.41. The van der Waals surface area contributed by atoms with E-state index in [0.29, 0.717) is 17.8 Å². The minimum atomic E-state index is 0.158. The molecule has 0 unspecified atom stereocenters. The second-order valence-corrected chi connectivity index (χ2v) is 4.46. The first-order valence-electron chi connectivity index (χ1n) is 5.36. The number of rotatable bonds is 1. The zero-order valence-corrected chi connectivity index (χ0v) is 8.45. The first-order chi connectivity index (χ1) is 6.20. The molecule has 2 nitrogen and oxygen atoms in total. The summed E-state index contributed by atoms with van der Waals surface area (Å²) in [6.07, 6.45) is 5.46. The fourth-order valence-corrected chi connectivity index (χ4v) is 3.05. The molecule has 0 aromatic rings. The van der Waals surface area contributed by atoms with Crippen molar-refractivity contribution in [2.24, 2.45) is 11.8 Å². The van der Waals surface area contributed by atoms with Gasteiger partial charge in [-0.25, -0.2) is 0 Å². The Kier molecular flexibility index (Phi) is 2.41. The van der Waals surface area contributed by atoms with Crippen LogP contribution >= 0.6 is 0 Å². The molecule has 4 atom stereocenters. The van der Waals surface area contributed by atoms with Crippen molar-refractivity contribution in [2.45, 2.75) is 51.7 Å². The smallest absolute Gasteiger partial charge is 0.135 e. The number of ether oxygens (including phenoxy) is 1. The Morgan fingerprint density at radius 2 is 2.00 bits per heavy atom. The van der Waals surface area contributed by atoms with Crippen LogP contribution in [0, 0.1) is 11.8 Å². The van der Waals surface area contributed by atoms with Gasteiger partial charge in [-0.2, -0.15) is 0 Å². The second-order valence-electron chi connectivity index (χ2n) is 4.46. The number of fused-ring (bicyclic) bond motifs is 1. The van der Waals surface area contributed by atoms with Gasteiger partial charge in [-0.15, -0.1) is 0 Å². The van der Waals surface area contributed by atoms with Gasteiger partial charge in [-0.1, -0.05) is 12.8 Å². The molecule has 2 rings (SSSR count). The van der Waals surface area contributed by atoms with E-state index in [0.717, 1.165) is 0 Å². The molecule has 2 aliphatic rings. The highest BCUT2D eigenvalue weighted by Gasteiger charge is 2.45. The number of ketones is 1. The zero-order chi connectivity index (χ0) is 9.42. The van der Waals surface area contributed by atoms with Crippen LogP contribution in [0.25, 0.3) is 0 Å². The average Bonchev–Trinajstić information content (AvgIpc) is 2.39. The third-order valence-electron chi connectivity index (χ3n) is 3.58. The zero-order valence-electron chi connectivity index (χ0n) is 8.45. The minimum absolute atomic E-state index is 0.158. The third-order valence-corrected chi connectivity index (χ3v) is 3.58. The summed E-state index contributed by atoms with van der Waals surface area (Å²) in [7, 11) is 0. The lowest BCUT2D eigenvalue weighted by atomic mass is 9.77. The number of Topliss-reactive ketones (excluding diaryl/α,β-unsaturated/α-hetero) is 1. The molecule has 74 valence electrons. The van der Waals surface area contributed by atoms with E-state index in [-0.39, 0.29) is 12.0 Å². The van der Waals surface area contributed by atoms with Crippen LogP contribution in [0.3, 0.4) is 0 Å². The monoisotopic (exact) mass is 182 g/mol. The number of carbonyl (C=O) groups is 1. The highest BCUT2D eigenvalue weighted by Crippen LogP contribution is 2.41. The van der Waals surface area contributed by atoms with Crippen LogP contribution in [0.5, 0.6) is 0 Å². The SMILES string of the molecule is CC(=O)[C@@H]1[C@H]2CCCC[C@@H]2O[C@@H]1C. The van der Waals surface area contributed by atoms with E-state index in [1.165, 1.54) is 25.7 Å². The molecule has 1 aliphatic carbocycles. The molecule has 0 aromatic heterocycles. The molecule has 1 saturated carbocycles. The normalized spacial score (nSPS) is 44.5. The van der Waals surface area contributed by atoms with E-state index in [4.69, 9.17) is 4.74 Å². The highest BCUT2D eigenvalue weighted by molar-refractivity contribution is 5.79. The van der Waals surface area contributed by atoms with Crippen molar-refractivity contribution in [1.82, 2.24) is 0 Å². The van der Waals surface area contributed by atoms with Crippen molar-refractivity contribution in [3.63, 3.8) is 0 Å². The summed E-state index contributed by atoms with van der Waals surface area (Å²) in [6, 6.07) is 0. The third kappa shape index (κ3) is 1.52. The fourth-order valence-electron chi connectivity index (χ4n) is 3.05. The molecule has 1 heterocycles. The van der Waals surface area contributed by atoms with Crippen molar-refractivity contribution >= 4 is 5.78 Å². The average molecular weight is 182 g/mol. The summed E-state index contributed by atoms with van der Waals surface area (Å²) in [5, 5.41) is 0. The Morgan fingerprint density at radius 3 is 2.69 bits per heavy atom. The van der Waals surface area contributed by atoms with Gasteiger partial charge in [0.25, 0.3) is 0 Å². The summed E-state index contributed by atoms with van der Waals surface area (Å²) >= 11 is 0. The lowest BCUT2D eigenvalue weighted by Gasteiger charge is -2.26. The Labute approximate surface area is 79.7 Å². The van der Waals surface area contributed by atoms with Gasteiger partial charge >= 0.3 is 0 Å². The predicted octanol–water partition coefficient (Wildman–Crippen LogP) is 2.17. The lowest BCUT2D eigenvalue weighted by molar-refractivity contribution is -0.123. The van der Waals surface area contributed by atoms with Gasteiger partial charge in [0.2, 0.25) is 0 Å². The topological polar surface area (TPSA) is 26.3 Å². The van der Waals surface area contributed by atoms with Gasteiger partial charge in [0.05, 0.1) is 12.2 Å². The maximum Gasteiger partial charge on any atom is 0.135 e. The highest BCUT2D eigenvalue weighted by atomic mass is 16.5. The van der Waals surface area contributed by atoms with Crippen LogP contribution < -0.4 is 0 Å². The number of hydrogen-bond acceptors (Lipinski definition) is 2. The molecule has 0 bridgehead atoms. The van der Waals surface area contributed by atoms with E-state index in [1.807, 2.05) is 6.92 Å². The van der Waals surface area contributed by atoms with Crippen molar-refractivity contribution in [3.05, 3.63) is 0 Å². The molecule has 2 heteroatoms. The van der Waals surface area contributed by atoms with Crippen LogP contribution in [0.2, 0.25) is 0 Å². The summed E-state index contributed by atoms with van der Waals surface area (Å²) in [5.74, 6) is 1.04. The first kappa shape index (κ1) is 9.20. The summed E-state index contributed by atoms with van der Waals surface area (Å²) < 4.78 is 5.82. The van der Waals surface area contributed by atoms with E-state index in [1.54, 1.807) is 6.92 Å². The van der Waals surface area contributed by atoms with Crippen molar-refractivity contribution in [1.29, 1.82) is 0 Å². The molecular weight excluding hydrogens is 164 g/mol. The van der Waals surface area contributed by atoms with Crippen molar-refractivity contribution in [2.75, 3.05) is 0 Å². The van der Waals surface area contributed by atoms with Crippen LogP contribution in [0.15, 0.2) is 0 Å². The standard InChI is InChI=1S/C11H18O2/c1-7(12)11-8(2)13-10-6-4-3-5-9(10)11/h8-11H,3-6H2,1-2H3/t8-,9+,10+,11+/m1/s1. The molecule has 13 heavy (non-hydrogen) atoms. The van der Waals surface area contributed by atoms with Crippen LogP contribution in [0.1, 0.15) is 39.5 Å². The quantitative estimate of drug-likeness (QED) is 0.621. The molecule has 0 N–H and O–H groups in total. The van der Waals surface area contributed by atoms with Gasteiger partial charge in [-0.3, -0.25) is 4.79 Å². The molecule has 1 aliphatic heterocycles. The Hall–Kier alpha value is -0.370. The van der Waals surface area contributed by atoms with Gasteiger partial charge < -0.3 is 4.74 Å². The summed E-state index contributed by atoms with van der Waals surface area (Å²) in [4.78, 5) is 11.4. The number of carbonyl (C=O) groups excluding carboxylic acids is 1. The molecule has 0 spiro atoms. The van der Waals surface area contributed by atoms with Crippen LogP contribution in [0.4, 0.5) is 0 Å². The van der Waals surface area contributed by atoms with Crippen molar-refractivity contribution in [3.8, 4) is 0 Å². The van der Waals surface area contributed by atoms with E-state index in [9.17, 15) is 4.79 Å². The maximum atomic E-state index is 11.4. The Balaban J connectivity index is 2.13. The summed E-state index contributed by atoms with van der Waals surface area (Å²) in [6.45, 7) is 3.76. The largest absolute Gasteiger partial charge is 0.374 e. The van der Waals surface area contributed by atoms with Crippen molar-refractivity contribution < 1.29 is 9.53 Å². The Bertz CT molecular complexity index is 212. The van der Waals surface area contributed by atoms with Gasteiger partial charge in [0.1, 0.15) is 5.78 Å². The molecule has 2 fully saturated rings. The maximum absolute atomic E-state index is 11.4. The minimum Gasteiger partial charge on any atom is -0.374 e. The van der Waals surface area contributed by atoms with Crippen LogP contribution in [-0.4, -0.2) is 18.0 Å². The first-order valence-corrected chi connectivity index (χ1v) is 5.36. The van der Waals surface area contributed by atoms with Crippen LogP contribution in [-0.2, 0) is 9.53 Å². The number of hydrogen-bond donors (Lipinski definition) is 0. The van der Waals surface area contributed by atoms with E-state index >= 15 is 0 Å². The molecule has 0 aromatic carbocycles. The molecular formula is C11H18O2. The molecule has 1 saturated heterocycles.